The van der Waals surface area contributed by atoms with Gasteiger partial charge in [-0.3, -0.25) is 0 Å². The molecule has 2 N–H and O–H groups in total. The molecule has 0 amide bonds. The first-order chi connectivity index (χ1) is 11.1. The molecule has 0 fully saturated rings. The van der Waals surface area contributed by atoms with Crippen LogP contribution in [0.25, 0.3) is 0 Å². The molecule has 2 aromatic heterocycles. The standard InChI is InChI=1S/C17H19N6.BrH/c1-13-5-7-15(8-6-13)20-21-16-10-19-23(17(16)18)12-14-4-3-9-22(2)11-14;/h3-11H,12,18H2,1-2H3;1H/q+1;/p-1. The van der Waals surface area contributed by atoms with Crippen molar-refractivity contribution < 1.29 is 21.5 Å². The molecule has 0 aliphatic heterocycles. The Bertz CT molecular complexity index is 839. The molecule has 124 valence electrons. The van der Waals surface area contributed by atoms with Crippen molar-refractivity contribution >= 4 is 17.2 Å². The predicted octanol–water partition coefficient (Wildman–Crippen LogP) is 0.0659. The Morgan fingerprint density at radius 2 is 1.92 bits per heavy atom. The smallest absolute Gasteiger partial charge is 0.173 e. The summed E-state index contributed by atoms with van der Waals surface area (Å²) in [5.41, 5.74) is 9.79. The lowest BCUT2D eigenvalue weighted by Gasteiger charge is -2.03. The Morgan fingerprint density at radius 3 is 2.62 bits per heavy atom. The van der Waals surface area contributed by atoms with E-state index in [9.17, 15) is 0 Å². The Balaban J connectivity index is 0.00000208. The monoisotopic (exact) mass is 386 g/mol. The molecule has 0 aliphatic carbocycles. The van der Waals surface area contributed by atoms with Crippen LogP contribution in [0.5, 0.6) is 0 Å². The zero-order chi connectivity index (χ0) is 16.2. The summed E-state index contributed by atoms with van der Waals surface area (Å²) in [6, 6.07) is 11.9. The molecule has 1 aromatic carbocycles. The third kappa shape index (κ3) is 4.26. The molecule has 2 heterocycles. The molecule has 0 radical (unpaired) electrons. The molecule has 0 bridgehead atoms. The lowest BCUT2D eigenvalue weighted by atomic mass is 10.2. The maximum Gasteiger partial charge on any atom is 0.173 e. The second-order valence-corrected chi connectivity index (χ2v) is 5.49. The van der Waals surface area contributed by atoms with E-state index in [-0.39, 0.29) is 17.0 Å². The third-order valence-corrected chi connectivity index (χ3v) is 3.50. The van der Waals surface area contributed by atoms with Crippen molar-refractivity contribution in [1.29, 1.82) is 0 Å². The number of hydrogen-bond donors (Lipinski definition) is 1. The van der Waals surface area contributed by atoms with Crippen molar-refractivity contribution in [3.05, 3.63) is 66.1 Å². The average Bonchev–Trinajstić information content (AvgIpc) is 2.87. The number of nitrogens with zero attached hydrogens (tertiary/aromatic N) is 5. The first kappa shape index (κ1) is 17.8. The van der Waals surface area contributed by atoms with Gasteiger partial charge in [-0.15, -0.1) is 5.11 Å². The summed E-state index contributed by atoms with van der Waals surface area (Å²) in [5, 5.41) is 12.7. The van der Waals surface area contributed by atoms with E-state index in [1.54, 1.807) is 10.9 Å². The van der Waals surface area contributed by atoms with Gasteiger partial charge in [-0.25, -0.2) is 9.25 Å². The highest BCUT2D eigenvalue weighted by atomic mass is 79.9. The van der Waals surface area contributed by atoms with Gasteiger partial charge in [0, 0.05) is 11.6 Å². The normalized spacial score (nSPS) is 10.8. The fourth-order valence-corrected chi connectivity index (χ4v) is 2.23. The molecule has 3 rings (SSSR count). The first-order valence-electron chi connectivity index (χ1n) is 7.36. The number of benzene rings is 1. The summed E-state index contributed by atoms with van der Waals surface area (Å²) in [4.78, 5) is 0. The van der Waals surface area contributed by atoms with E-state index in [0.717, 1.165) is 11.3 Å². The predicted molar refractivity (Wildman–Crippen MR) is 88.7 cm³/mol. The van der Waals surface area contributed by atoms with Gasteiger partial charge in [0.05, 0.1) is 18.4 Å². The zero-order valence-electron chi connectivity index (χ0n) is 13.6. The third-order valence-electron chi connectivity index (χ3n) is 3.50. The van der Waals surface area contributed by atoms with E-state index >= 15 is 0 Å². The highest BCUT2D eigenvalue weighted by molar-refractivity contribution is 5.56. The van der Waals surface area contributed by atoms with Gasteiger partial charge in [-0.05, 0) is 25.1 Å². The van der Waals surface area contributed by atoms with Gasteiger partial charge in [0.1, 0.15) is 18.6 Å². The summed E-state index contributed by atoms with van der Waals surface area (Å²) >= 11 is 0. The van der Waals surface area contributed by atoms with Crippen LogP contribution in [0.15, 0.2) is 65.2 Å². The molecule has 24 heavy (non-hydrogen) atoms. The lowest BCUT2D eigenvalue weighted by molar-refractivity contribution is -0.671. The van der Waals surface area contributed by atoms with Crippen LogP contribution in [0.3, 0.4) is 0 Å². The highest BCUT2D eigenvalue weighted by Crippen LogP contribution is 2.24. The number of nitrogens with two attached hydrogens (primary N) is 1. The molecule has 7 heteroatoms. The minimum Gasteiger partial charge on any atom is -1.00 e. The molecule has 0 atom stereocenters. The van der Waals surface area contributed by atoms with E-state index in [0.29, 0.717) is 18.1 Å². The number of aromatic nitrogens is 3. The summed E-state index contributed by atoms with van der Waals surface area (Å²) in [6.45, 7) is 2.63. The van der Waals surface area contributed by atoms with Gasteiger partial charge >= 0.3 is 0 Å². The molecule has 0 spiro atoms. The lowest BCUT2D eigenvalue weighted by Crippen LogP contribution is -3.00. The maximum absolute atomic E-state index is 6.12. The van der Waals surface area contributed by atoms with Crippen LogP contribution in [0.4, 0.5) is 17.2 Å². The van der Waals surface area contributed by atoms with Crippen molar-refractivity contribution in [1.82, 2.24) is 9.78 Å². The number of rotatable bonds is 4. The first-order valence-corrected chi connectivity index (χ1v) is 7.36. The van der Waals surface area contributed by atoms with Crippen LogP contribution in [-0.4, -0.2) is 9.78 Å². The number of halogens is 1. The SMILES string of the molecule is Cc1ccc(N=Nc2cnn(Cc3ccc[n+](C)c3)c2N)cc1.[Br-]. The quantitative estimate of drug-likeness (QED) is 0.508. The van der Waals surface area contributed by atoms with E-state index in [2.05, 4.69) is 15.3 Å². The number of aryl methyl sites for hydroxylation is 2. The highest BCUT2D eigenvalue weighted by Gasteiger charge is 2.08. The average molecular weight is 387 g/mol. The van der Waals surface area contributed by atoms with Gasteiger partial charge in [0.25, 0.3) is 0 Å². The summed E-state index contributed by atoms with van der Waals surface area (Å²) in [6.07, 6.45) is 5.65. The van der Waals surface area contributed by atoms with Crippen molar-refractivity contribution in [2.75, 3.05) is 5.73 Å². The van der Waals surface area contributed by atoms with E-state index in [1.165, 1.54) is 5.56 Å². The van der Waals surface area contributed by atoms with Crippen LogP contribution >= 0.6 is 0 Å². The molecule has 6 nitrogen and oxygen atoms in total. The van der Waals surface area contributed by atoms with Crippen LogP contribution in [0, 0.1) is 6.92 Å². The summed E-state index contributed by atoms with van der Waals surface area (Å²) in [5.74, 6) is 0.507. The Morgan fingerprint density at radius 1 is 1.17 bits per heavy atom. The number of pyridine rings is 1. The van der Waals surface area contributed by atoms with Gasteiger partial charge in [0.2, 0.25) is 0 Å². The Labute approximate surface area is 151 Å². The number of hydrogen-bond acceptors (Lipinski definition) is 4. The molecule has 0 aliphatic rings. The molecular weight excluding hydrogens is 368 g/mol. The zero-order valence-corrected chi connectivity index (χ0v) is 15.2. The van der Waals surface area contributed by atoms with Crippen LogP contribution < -0.4 is 27.3 Å². The Kier molecular flexibility index (Phi) is 5.81. The molecular formula is C17H19BrN6. The van der Waals surface area contributed by atoms with E-state index in [4.69, 9.17) is 5.73 Å². The topological polar surface area (TPSA) is 72.4 Å². The fourth-order valence-electron chi connectivity index (χ4n) is 2.23. The van der Waals surface area contributed by atoms with Crippen molar-refractivity contribution in [3.8, 4) is 0 Å². The largest absolute Gasteiger partial charge is 1.00 e. The molecule has 0 unspecified atom stereocenters. The van der Waals surface area contributed by atoms with Crippen molar-refractivity contribution in [3.63, 3.8) is 0 Å². The second-order valence-electron chi connectivity index (χ2n) is 5.49. The van der Waals surface area contributed by atoms with Crippen LogP contribution in [-0.2, 0) is 13.6 Å². The minimum atomic E-state index is 0. The second kappa shape index (κ2) is 7.83. The number of azo groups is 1. The summed E-state index contributed by atoms with van der Waals surface area (Å²) < 4.78 is 3.71. The van der Waals surface area contributed by atoms with Crippen LogP contribution in [0.1, 0.15) is 11.1 Å². The molecule has 3 aromatic rings. The van der Waals surface area contributed by atoms with Crippen molar-refractivity contribution in [2.24, 2.45) is 17.3 Å². The number of anilines is 1. The van der Waals surface area contributed by atoms with Crippen molar-refractivity contribution in [2.45, 2.75) is 13.5 Å². The van der Waals surface area contributed by atoms with Gasteiger partial charge in [0.15, 0.2) is 12.4 Å². The fraction of sp³-hybridized carbons (Fsp3) is 0.176. The number of nitrogen functional groups attached to an aromatic ring is 1. The van der Waals surface area contributed by atoms with Gasteiger partial charge < -0.3 is 22.7 Å². The van der Waals surface area contributed by atoms with Gasteiger partial charge in [-0.1, -0.05) is 17.7 Å². The van der Waals surface area contributed by atoms with Gasteiger partial charge in [-0.2, -0.15) is 10.2 Å². The summed E-state index contributed by atoms with van der Waals surface area (Å²) in [7, 11) is 1.98. The maximum atomic E-state index is 6.12. The van der Waals surface area contributed by atoms with E-state index in [1.807, 2.05) is 67.3 Å². The van der Waals surface area contributed by atoms with Crippen LogP contribution in [0.2, 0.25) is 0 Å². The molecule has 0 saturated heterocycles. The molecule has 0 saturated carbocycles. The Hall–Kier alpha value is -2.54. The van der Waals surface area contributed by atoms with E-state index < -0.39 is 0 Å². The minimum absolute atomic E-state index is 0.